The van der Waals surface area contributed by atoms with Crippen LogP contribution in [0.5, 0.6) is 0 Å². The molecule has 0 radical (unpaired) electrons. The molecule has 2 aliphatic rings. The van der Waals surface area contributed by atoms with Crippen molar-refractivity contribution in [1.82, 2.24) is 9.88 Å². The lowest BCUT2D eigenvalue weighted by Gasteiger charge is -2.44. The van der Waals surface area contributed by atoms with Gasteiger partial charge in [-0.1, -0.05) is 24.4 Å². The topological polar surface area (TPSA) is 95.4 Å². The maximum absolute atomic E-state index is 15.2. The molecule has 1 fully saturated rings. The van der Waals surface area contributed by atoms with Crippen molar-refractivity contribution in [3.63, 3.8) is 0 Å². The first-order valence-corrected chi connectivity index (χ1v) is 12.0. The fourth-order valence-electron chi connectivity index (χ4n) is 4.49. The quantitative estimate of drug-likeness (QED) is 0.619. The molecule has 6 nitrogen and oxygen atoms in total. The third kappa shape index (κ3) is 4.46. The van der Waals surface area contributed by atoms with Crippen LogP contribution < -0.4 is 5.73 Å². The summed E-state index contributed by atoms with van der Waals surface area (Å²) in [7, 11) is 0. The molecule has 2 aliphatic heterocycles. The molecule has 2 atom stereocenters. The first-order valence-electron chi connectivity index (χ1n) is 11.2. The molecule has 0 saturated carbocycles. The lowest BCUT2D eigenvalue weighted by atomic mass is 9.77. The molecule has 35 heavy (non-hydrogen) atoms. The minimum absolute atomic E-state index is 0.0469. The predicted octanol–water partition coefficient (Wildman–Crippen LogP) is 4.77. The number of likely N-dealkylation sites (tertiary alicyclic amines) is 1. The Kier molecular flexibility index (Phi) is 6.52. The molecule has 2 N–H and O–H groups in total. The monoisotopic (exact) mass is 493 g/mol. The minimum Gasteiger partial charge on any atom is -0.378 e. The molecule has 9 heteroatoms. The van der Waals surface area contributed by atoms with Crippen LogP contribution in [0.4, 0.5) is 8.78 Å². The molecule has 3 heterocycles. The zero-order chi connectivity index (χ0) is 25.4. The number of pyridine rings is 1. The van der Waals surface area contributed by atoms with Gasteiger partial charge in [-0.3, -0.25) is 9.78 Å². The third-order valence-corrected chi connectivity index (χ3v) is 7.68. The van der Waals surface area contributed by atoms with Crippen LogP contribution in [0.15, 0.2) is 53.7 Å². The lowest BCUT2D eigenvalue weighted by Crippen LogP contribution is -2.52. The summed E-state index contributed by atoms with van der Waals surface area (Å²) in [5, 5.41) is 9.05. The molecule has 2 aromatic rings. The number of nitrogens with two attached hydrogens (primary N) is 1. The van der Waals surface area contributed by atoms with Crippen LogP contribution >= 0.6 is 11.8 Å². The molecular weight excluding hydrogens is 468 g/mol. The van der Waals surface area contributed by atoms with Gasteiger partial charge in [0.15, 0.2) is 5.17 Å². The van der Waals surface area contributed by atoms with Gasteiger partial charge in [-0.05, 0) is 68.2 Å². The zero-order valence-electron chi connectivity index (χ0n) is 19.5. The van der Waals surface area contributed by atoms with Crippen LogP contribution in [0.3, 0.4) is 0 Å². The number of hydrogen-bond donors (Lipinski definition) is 1. The Morgan fingerprint density at radius 2 is 2.00 bits per heavy atom. The van der Waals surface area contributed by atoms with Crippen LogP contribution in [0, 0.1) is 17.1 Å². The Hall–Kier alpha value is -3.51. The van der Waals surface area contributed by atoms with Crippen LogP contribution in [0.25, 0.3) is 11.9 Å². The van der Waals surface area contributed by atoms with Gasteiger partial charge in [0, 0.05) is 24.8 Å². The van der Waals surface area contributed by atoms with E-state index in [0.29, 0.717) is 29.8 Å². The van der Waals surface area contributed by atoms with E-state index in [1.807, 2.05) is 6.07 Å². The molecule has 1 amide bonds. The van der Waals surface area contributed by atoms with Crippen LogP contribution in [0.2, 0.25) is 0 Å². The SMILES string of the molecule is C=C1[C@@](C)(C(=O)N2CCCC2)SC(N)=N[C@]1(C)c1cc(/C=C(\F)c2ccc(C#N)cn2)ccc1F. The average molecular weight is 494 g/mol. The van der Waals surface area contributed by atoms with Gasteiger partial charge in [-0.25, -0.2) is 13.8 Å². The molecule has 180 valence electrons. The van der Waals surface area contributed by atoms with E-state index < -0.39 is 21.9 Å². The lowest BCUT2D eigenvalue weighted by molar-refractivity contribution is -0.131. The highest BCUT2D eigenvalue weighted by molar-refractivity contribution is 8.15. The molecule has 0 spiro atoms. The van der Waals surface area contributed by atoms with Crippen LogP contribution in [-0.2, 0) is 10.3 Å². The van der Waals surface area contributed by atoms with E-state index in [1.165, 1.54) is 42.6 Å². The predicted molar refractivity (Wildman–Crippen MR) is 134 cm³/mol. The minimum atomic E-state index is -1.34. The van der Waals surface area contributed by atoms with Crippen molar-refractivity contribution in [1.29, 1.82) is 5.26 Å². The second-order valence-electron chi connectivity index (χ2n) is 8.91. The van der Waals surface area contributed by atoms with E-state index in [-0.39, 0.29) is 22.3 Å². The fourth-order valence-corrected chi connectivity index (χ4v) is 5.68. The van der Waals surface area contributed by atoms with Crippen molar-refractivity contribution < 1.29 is 13.6 Å². The van der Waals surface area contributed by atoms with Gasteiger partial charge in [-0.2, -0.15) is 5.26 Å². The van der Waals surface area contributed by atoms with Crippen molar-refractivity contribution in [2.75, 3.05) is 13.1 Å². The van der Waals surface area contributed by atoms with Crippen molar-refractivity contribution in [3.05, 3.63) is 76.9 Å². The second kappa shape index (κ2) is 9.27. The molecule has 1 aromatic carbocycles. The molecule has 4 rings (SSSR count). The summed E-state index contributed by atoms with van der Waals surface area (Å²) in [5.74, 6) is -1.34. The van der Waals surface area contributed by atoms with Gasteiger partial charge in [-0.15, -0.1) is 0 Å². The number of aliphatic imine (C=N–C) groups is 1. The van der Waals surface area contributed by atoms with E-state index in [9.17, 15) is 9.18 Å². The van der Waals surface area contributed by atoms with Gasteiger partial charge >= 0.3 is 0 Å². The summed E-state index contributed by atoms with van der Waals surface area (Å²) in [4.78, 5) is 23.7. The zero-order valence-corrected chi connectivity index (χ0v) is 20.3. The van der Waals surface area contributed by atoms with E-state index in [0.717, 1.165) is 24.6 Å². The fraction of sp³-hybridized carbons (Fsp3) is 0.308. The summed E-state index contributed by atoms with van der Waals surface area (Å²) in [5.41, 5.74) is 6.12. The summed E-state index contributed by atoms with van der Waals surface area (Å²) >= 11 is 1.12. The van der Waals surface area contributed by atoms with Gasteiger partial charge in [0.05, 0.1) is 11.3 Å². The number of carbonyl (C=O) groups is 1. The number of aromatic nitrogens is 1. The number of thioether (sulfide) groups is 1. The first-order chi connectivity index (χ1) is 16.6. The number of benzene rings is 1. The Morgan fingerprint density at radius 1 is 1.29 bits per heavy atom. The Labute approximate surface area is 207 Å². The average Bonchev–Trinajstić information content (AvgIpc) is 3.38. The first kappa shape index (κ1) is 24.6. The van der Waals surface area contributed by atoms with E-state index in [1.54, 1.807) is 18.7 Å². The molecule has 1 aromatic heterocycles. The van der Waals surface area contributed by atoms with Crippen LogP contribution in [-0.4, -0.2) is 38.8 Å². The second-order valence-corrected chi connectivity index (χ2v) is 10.3. The summed E-state index contributed by atoms with van der Waals surface area (Å²) in [6.45, 7) is 8.93. The largest absolute Gasteiger partial charge is 0.378 e. The summed E-state index contributed by atoms with van der Waals surface area (Å²) in [6, 6.07) is 8.95. The smallest absolute Gasteiger partial charge is 0.243 e. The number of carbonyl (C=O) groups excluding carboxylic acids is 1. The van der Waals surface area contributed by atoms with Crippen molar-refractivity contribution in [3.8, 4) is 6.07 Å². The van der Waals surface area contributed by atoms with E-state index in [4.69, 9.17) is 11.0 Å². The van der Waals surface area contributed by atoms with Gasteiger partial charge < -0.3 is 10.6 Å². The summed E-state index contributed by atoms with van der Waals surface area (Å²) < 4.78 is 28.9. The summed E-state index contributed by atoms with van der Waals surface area (Å²) in [6.07, 6.45) is 4.37. The standard InChI is InChI=1S/C26H25F2N5OS/c1-16-25(2,32-24(30)35-26(16,3)23(34)33-10-4-5-11-33)19-12-17(6-8-20(19)27)13-21(28)22-9-7-18(14-29)15-31-22/h6-9,12-13,15H,1,4-5,10-11H2,2-3H3,(H2,30,32)/b21-13-/t25-,26-/m0/s1. The molecule has 0 unspecified atom stereocenters. The normalized spacial score (nSPS) is 24.8. The molecular formula is C26H25F2N5OS. The Bertz CT molecular complexity index is 1290. The Balaban J connectivity index is 1.73. The number of nitrogens with zero attached hydrogens (tertiary/aromatic N) is 4. The number of amidine groups is 1. The van der Waals surface area contributed by atoms with Gasteiger partial charge in [0.25, 0.3) is 0 Å². The van der Waals surface area contributed by atoms with Gasteiger partial charge in [0.2, 0.25) is 5.91 Å². The maximum atomic E-state index is 15.2. The number of rotatable bonds is 4. The Morgan fingerprint density at radius 3 is 2.63 bits per heavy atom. The third-order valence-electron chi connectivity index (χ3n) is 6.55. The number of nitriles is 1. The van der Waals surface area contributed by atoms with E-state index >= 15 is 4.39 Å². The van der Waals surface area contributed by atoms with Crippen molar-refractivity contribution >= 4 is 34.7 Å². The highest BCUT2D eigenvalue weighted by atomic mass is 32.2. The molecule has 0 bridgehead atoms. The van der Waals surface area contributed by atoms with Gasteiger partial charge in [0.1, 0.15) is 28.0 Å². The highest BCUT2D eigenvalue weighted by Gasteiger charge is 2.52. The highest BCUT2D eigenvalue weighted by Crippen LogP contribution is 2.50. The number of hydrogen-bond acceptors (Lipinski definition) is 6. The molecule has 1 saturated heterocycles. The van der Waals surface area contributed by atoms with Crippen LogP contribution in [0.1, 0.15) is 49.1 Å². The number of halogens is 2. The molecule has 0 aliphatic carbocycles. The van der Waals surface area contributed by atoms with Crippen molar-refractivity contribution in [2.45, 2.75) is 37.0 Å². The van der Waals surface area contributed by atoms with E-state index in [2.05, 4.69) is 16.6 Å². The number of amides is 1. The van der Waals surface area contributed by atoms with Crippen molar-refractivity contribution in [2.24, 2.45) is 10.7 Å². The maximum Gasteiger partial charge on any atom is 0.243 e.